The van der Waals surface area contributed by atoms with Crippen LogP contribution in [-0.2, 0) is 12.7 Å². The van der Waals surface area contributed by atoms with Crippen molar-refractivity contribution in [1.29, 1.82) is 0 Å². The molecule has 1 aliphatic rings. The van der Waals surface area contributed by atoms with Crippen molar-refractivity contribution in [3.8, 4) is 11.1 Å². The zero-order chi connectivity index (χ0) is 30.9. The van der Waals surface area contributed by atoms with Crippen LogP contribution in [0, 0.1) is 12.8 Å². The molecular weight excluding hydrogens is 576 g/mol. The summed E-state index contributed by atoms with van der Waals surface area (Å²) < 4.78 is 77.6. The van der Waals surface area contributed by atoms with Gasteiger partial charge in [0.2, 0.25) is 5.82 Å². The maximum Gasteiger partial charge on any atom is 0.451 e. The lowest BCUT2D eigenvalue weighted by atomic mass is 9.96. The lowest BCUT2D eigenvalue weighted by Crippen LogP contribution is -2.39. The van der Waals surface area contributed by atoms with Crippen molar-refractivity contribution in [1.82, 2.24) is 24.6 Å². The summed E-state index contributed by atoms with van der Waals surface area (Å²) in [6.07, 6.45) is -5.29. The molecule has 3 heterocycles. The number of likely N-dealkylation sites (tertiary alicyclic amines) is 1. The van der Waals surface area contributed by atoms with Crippen molar-refractivity contribution in [2.75, 3.05) is 13.1 Å². The number of nitrogens with zero attached hydrogens (tertiary/aromatic N) is 5. The molecular formula is C30H27F6N5O2. The Hall–Kier alpha value is -4.29. The van der Waals surface area contributed by atoms with E-state index in [0.717, 1.165) is 30.6 Å². The molecule has 1 saturated heterocycles. The number of hydrogen-bond donors (Lipinski definition) is 0. The van der Waals surface area contributed by atoms with Gasteiger partial charge in [0.05, 0.1) is 11.9 Å². The highest BCUT2D eigenvalue weighted by atomic mass is 19.4. The van der Waals surface area contributed by atoms with Crippen molar-refractivity contribution in [2.45, 2.75) is 51.5 Å². The third-order valence-corrected chi connectivity index (χ3v) is 7.66. The number of amides is 1. The summed E-state index contributed by atoms with van der Waals surface area (Å²) in [4.78, 5) is 34.0. The molecule has 0 radical (unpaired) electrons. The van der Waals surface area contributed by atoms with Crippen LogP contribution < -0.4 is 0 Å². The maximum absolute atomic E-state index is 13.1. The quantitative estimate of drug-likeness (QED) is 0.170. The van der Waals surface area contributed by atoms with Crippen LogP contribution >= 0.6 is 0 Å². The van der Waals surface area contributed by atoms with Crippen molar-refractivity contribution < 1.29 is 35.9 Å². The maximum atomic E-state index is 13.1. The van der Waals surface area contributed by atoms with Gasteiger partial charge in [-0.05, 0) is 61.1 Å². The molecule has 2 aromatic carbocycles. The second kappa shape index (κ2) is 11.8. The first kappa shape index (κ1) is 30.2. The highest BCUT2D eigenvalue weighted by molar-refractivity contribution is 6.01. The molecule has 7 nitrogen and oxygen atoms in total. The van der Waals surface area contributed by atoms with Gasteiger partial charge >= 0.3 is 12.4 Å². The number of carbonyl (C=O) groups is 2. The molecule has 1 aliphatic heterocycles. The van der Waals surface area contributed by atoms with Gasteiger partial charge < -0.3 is 4.90 Å². The van der Waals surface area contributed by atoms with E-state index in [2.05, 4.69) is 15.1 Å². The molecule has 43 heavy (non-hydrogen) atoms. The molecule has 0 saturated carbocycles. The van der Waals surface area contributed by atoms with Crippen LogP contribution in [-0.4, -0.2) is 55.6 Å². The van der Waals surface area contributed by atoms with Gasteiger partial charge in [-0.1, -0.05) is 12.1 Å². The first-order valence-corrected chi connectivity index (χ1v) is 13.6. The Morgan fingerprint density at radius 2 is 1.56 bits per heavy atom. The summed E-state index contributed by atoms with van der Waals surface area (Å²) in [7, 11) is 0. The van der Waals surface area contributed by atoms with Gasteiger partial charge in [-0.2, -0.15) is 31.4 Å². The normalized spacial score (nSPS) is 14.8. The first-order chi connectivity index (χ1) is 20.3. The predicted molar refractivity (Wildman–Crippen MR) is 145 cm³/mol. The number of aromatic nitrogens is 4. The number of alkyl halides is 6. The Bertz CT molecular complexity index is 1620. The number of fused-ring (bicyclic) bond motifs is 1. The Morgan fingerprint density at radius 3 is 2.16 bits per heavy atom. The Labute approximate surface area is 242 Å². The minimum atomic E-state index is -4.62. The minimum Gasteiger partial charge on any atom is -0.339 e. The van der Waals surface area contributed by atoms with E-state index in [0.29, 0.717) is 47.4 Å². The highest BCUT2D eigenvalue weighted by Crippen LogP contribution is 2.29. The molecule has 0 bridgehead atoms. The third kappa shape index (κ3) is 7.03. The van der Waals surface area contributed by atoms with Gasteiger partial charge in [-0.25, -0.2) is 9.97 Å². The zero-order valence-electron chi connectivity index (χ0n) is 23.0. The second-order valence-electron chi connectivity index (χ2n) is 10.7. The van der Waals surface area contributed by atoms with Gasteiger partial charge in [0.1, 0.15) is 0 Å². The molecule has 0 atom stereocenters. The topological polar surface area (TPSA) is 81.0 Å². The minimum absolute atomic E-state index is 0.142. The fourth-order valence-corrected chi connectivity index (χ4v) is 5.26. The first-order valence-electron chi connectivity index (χ1n) is 13.6. The largest absolute Gasteiger partial charge is 0.451 e. The summed E-state index contributed by atoms with van der Waals surface area (Å²) in [5.41, 5.74) is 2.98. The molecule has 5 rings (SSSR count). The van der Waals surface area contributed by atoms with Crippen LogP contribution in [0.25, 0.3) is 22.0 Å². The van der Waals surface area contributed by atoms with Crippen LogP contribution in [0.4, 0.5) is 26.3 Å². The number of carbonyl (C=O) groups excluding carboxylic acids is 2. The average Bonchev–Trinajstić information content (AvgIpc) is 3.39. The fourth-order valence-electron chi connectivity index (χ4n) is 5.26. The number of hydrogen-bond acceptors (Lipinski definition) is 5. The Balaban J connectivity index is 1.17. The highest BCUT2D eigenvalue weighted by Gasteiger charge is 2.34. The van der Waals surface area contributed by atoms with Gasteiger partial charge in [-0.3, -0.25) is 14.3 Å². The van der Waals surface area contributed by atoms with Crippen molar-refractivity contribution in [3.05, 3.63) is 77.5 Å². The molecule has 13 heteroatoms. The van der Waals surface area contributed by atoms with Crippen molar-refractivity contribution in [2.24, 2.45) is 5.92 Å². The standard InChI is InChI=1S/C30H27F6N5O2/c1-18-23(26(42)8-11-29(31,32)33)6-7-25-24(18)17-41(39-25)16-19-9-12-40(13-10-19)27(43)21-4-2-20(3-5-21)22-14-37-28(38-15-22)30(34,35)36/h2-7,14-15,17,19H,8-13,16H2,1H3. The molecule has 0 N–H and O–H groups in total. The molecule has 1 amide bonds. The number of halogens is 6. The average molecular weight is 604 g/mol. The van der Waals surface area contributed by atoms with Crippen LogP contribution in [0.5, 0.6) is 0 Å². The van der Waals surface area contributed by atoms with Crippen LogP contribution in [0.3, 0.4) is 0 Å². The SMILES string of the molecule is Cc1c(C(=O)CCC(F)(F)F)ccc2nn(CC3CCN(C(=O)c4ccc(-c5cnc(C(F)(F)F)nc5)cc4)CC3)cc12. The van der Waals surface area contributed by atoms with Gasteiger partial charge in [0, 0.05) is 66.7 Å². The van der Waals surface area contributed by atoms with E-state index in [9.17, 15) is 35.9 Å². The van der Waals surface area contributed by atoms with Gasteiger partial charge in [0.15, 0.2) is 5.78 Å². The van der Waals surface area contributed by atoms with Crippen LogP contribution in [0.2, 0.25) is 0 Å². The van der Waals surface area contributed by atoms with E-state index in [-0.39, 0.29) is 17.4 Å². The number of ketones is 1. The fraction of sp³-hybridized carbons (Fsp3) is 0.367. The van der Waals surface area contributed by atoms with Gasteiger partial charge in [-0.15, -0.1) is 0 Å². The number of rotatable bonds is 7. The van der Waals surface area contributed by atoms with E-state index in [1.807, 2.05) is 6.20 Å². The molecule has 1 fully saturated rings. The van der Waals surface area contributed by atoms with E-state index in [1.165, 1.54) is 6.07 Å². The number of benzene rings is 2. The summed E-state index contributed by atoms with van der Waals surface area (Å²) in [6.45, 7) is 3.38. The lowest BCUT2D eigenvalue weighted by Gasteiger charge is -2.32. The summed E-state index contributed by atoms with van der Waals surface area (Å²) in [5, 5.41) is 5.30. The van der Waals surface area contributed by atoms with E-state index < -0.39 is 36.8 Å². The lowest BCUT2D eigenvalue weighted by molar-refractivity contribution is -0.145. The monoisotopic (exact) mass is 603 g/mol. The van der Waals surface area contributed by atoms with Crippen molar-refractivity contribution in [3.63, 3.8) is 0 Å². The Morgan fingerprint density at radius 1 is 0.907 bits per heavy atom. The third-order valence-electron chi connectivity index (χ3n) is 7.66. The summed E-state index contributed by atoms with van der Waals surface area (Å²) in [5.74, 6) is -1.67. The molecule has 226 valence electrons. The second-order valence-corrected chi connectivity index (χ2v) is 10.7. The molecule has 0 unspecified atom stereocenters. The summed E-state index contributed by atoms with van der Waals surface area (Å²) >= 11 is 0. The zero-order valence-corrected chi connectivity index (χ0v) is 23.0. The van der Waals surface area contributed by atoms with E-state index in [1.54, 1.807) is 46.8 Å². The van der Waals surface area contributed by atoms with Crippen LogP contribution in [0.1, 0.15) is 57.8 Å². The number of aryl methyl sites for hydroxylation is 1. The number of Topliss-reactive ketones (excluding diaryl/α,β-unsaturated/α-hetero) is 1. The van der Waals surface area contributed by atoms with Gasteiger partial charge in [0.25, 0.3) is 5.91 Å². The molecule has 4 aromatic rings. The van der Waals surface area contributed by atoms with E-state index >= 15 is 0 Å². The molecule has 0 spiro atoms. The Kier molecular flexibility index (Phi) is 8.26. The summed E-state index contributed by atoms with van der Waals surface area (Å²) in [6, 6.07) is 9.72. The molecule has 0 aliphatic carbocycles. The van der Waals surface area contributed by atoms with E-state index in [4.69, 9.17) is 0 Å². The number of piperidine rings is 1. The smallest absolute Gasteiger partial charge is 0.339 e. The predicted octanol–water partition coefficient (Wildman–Crippen LogP) is 6.90. The molecule has 2 aromatic heterocycles. The van der Waals surface area contributed by atoms with Crippen LogP contribution in [0.15, 0.2) is 55.0 Å². The van der Waals surface area contributed by atoms with Crippen molar-refractivity contribution >= 4 is 22.6 Å².